The van der Waals surface area contributed by atoms with Gasteiger partial charge in [0.15, 0.2) is 11.5 Å². The van der Waals surface area contributed by atoms with E-state index in [2.05, 4.69) is 5.16 Å². The highest BCUT2D eigenvalue weighted by molar-refractivity contribution is 7.89. The molecule has 2 heterocycles. The zero-order valence-electron chi connectivity index (χ0n) is 18.6. The number of aromatic nitrogens is 1. The molecule has 0 aliphatic carbocycles. The molecule has 11 nitrogen and oxygen atoms in total. The number of aliphatic hydroxyl groups is 1. The molecule has 0 unspecified atom stereocenters. The molecule has 0 aliphatic rings. The lowest BCUT2D eigenvalue weighted by atomic mass is 10.1. The molecule has 0 saturated heterocycles. The minimum Gasteiger partial charge on any atom is -0.493 e. The Morgan fingerprint density at radius 1 is 1.26 bits per heavy atom. The van der Waals surface area contributed by atoms with E-state index in [1.165, 1.54) is 32.8 Å². The van der Waals surface area contributed by atoms with E-state index in [1.807, 2.05) is 0 Å². The molecular weight excluding hydrogens is 510 g/mol. The van der Waals surface area contributed by atoms with Gasteiger partial charge in [0.25, 0.3) is 11.8 Å². The SMILES string of the molecule is COc1cc(CCO)c(N(C(=O)c2sccc2S(N)(=O)=O)c2onc(C)c2Cl)c(OC)c1OC. The Bertz CT molecular complexity index is 1320. The predicted molar refractivity (Wildman–Crippen MR) is 125 cm³/mol. The van der Waals surface area contributed by atoms with Crippen LogP contribution in [0.1, 0.15) is 20.9 Å². The minimum absolute atomic E-state index is 0.00819. The van der Waals surface area contributed by atoms with E-state index in [0.717, 1.165) is 16.2 Å². The van der Waals surface area contributed by atoms with Gasteiger partial charge in [0.2, 0.25) is 15.8 Å². The zero-order chi connectivity index (χ0) is 25.2. The van der Waals surface area contributed by atoms with Crippen molar-refractivity contribution in [3.63, 3.8) is 0 Å². The molecular formula is C20H22ClN3O8S2. The second-order valence-electron chi connectivity index (χ2n) is 6.81. The fourth-order valence-corrected chi connectivity index (χ4v) is 5.36. The zero-order valence-corrected chi connectivity index (χ0v) is 21.0. The number of sulfonamides is 1. The Kier molecular flexibility index (Phi) is 7.73. The van der Waals surface area contributed by atoms with E-state index in [1.54, 1.807) is 13.0 Å². The molecule has 0 bridgehead atoms. The van der Waals surface area contributed by atoms with E-state index in [0.29, 0.717) is 5.56 Å². The van der Waals surface area contributed by atoms with Crippen molar-refractivity contribution in [3.05, 3.63) is 38.7 Å². The quantitative estimate of drug-likeness (QED) is 0.424. The normalized spacial score (nSPS) is 11.4. The number of nitrogens with two attached hydrogens (primary N) is 1. The number of primary sulfonamides is 1. The lowest BCUT2D eigenvalue weighted by Gasteiger charge is -2.26. The van der Waals surface area contributed by atoms with E-state index in [4.69, 9.17) is 35.5 Å². The van der Waals surface area contributed by atoms with Crippen molar-refractivity contribution in [2.24, 2.45) is 5.14 Å². The van der Waals surface area contributed by atoms with Crippen LogP contribution in [0.2, 0.25) is 5.02 Å². The number of thiophene rings is 1. The first-order valence-electron chi connectivity index (χ1n) is 9.59. The van der Waals surface area contributed by atoms with Crippen LogP contribution in [0.25, 0.3) is 0 Å². The van der Waals surface area contributed by atoms with Crippen LogP contribution in [0.15, 0.2) is 26.9 Å². The average Bonchev–Trinajstić information content (AvgIpc) is 3.42. The highest BCUT2D eigenvalue weighted by atomic mass is 35.5. The van der Waals surface area contributed by atoms with Gasteiger partial charge in [0.05, 0.1) is 21.3 Å². The van der Waals surface area contributed by atoms with Gasteiger partial charge in [0.1, 0.15) is 26.2 Å². The van der Waals surface area contributed by atoms with E-state index >= 15 is 0 Å². The highest BCUT2D eigenvalue weighted by Crippen LogP contribution is 2.50. The lowest BCUT2D eigenvalue weighted by molar-refractivity contribution is 0.0994. The Hall–Kier alpha value is -2.84. The minimum atomic E-state index is -4.23. The van der Waals surface area contributed by atoms with Gasteiger partial charge in [-0.25, -0.2) is 18.5 Å². The topological polar surface area (TPSA) is 154 Å². The number of nitrogens with zero attached hydrogens (tertiary/aromatic N) is 2. The van der Waals surface area contributed by atoms with Crippen molar-refractivity contribution in [3.8, 4) is 17.2 Å². The molecule has 0 radical (unpaired) electrons. The van der Waals surface area contributed by atoms with E-state index in [-0.39, 0.29) is 62.3 Å². The first-order chi connectivity index (χ1) is 16.1. The largest absolute Gasteiger partial charge is 0.493 e. The number of amides is 1. The number of anilines is 2. The molecule has 1 amide bonds. The summed E-state index contributed by atoms with van der Waals surface area (Å²) in [5, 5.41) is 20.3. The van der Waals surface area contributed by atoms with Crippen molar-refractivity contribution in [1.29, 1.82) is 0 Å². The smallest absolute Gasteiger partial charge is 0.276 e. The molecule has 0 spiro atoms. The van der Waals surface area contributed by atoms with Crippen LogP contribution < -0.4 is 24.2 Å². The molecule has 14 heteroatoms. The van der Waals surface area contributed by atoms with Crippen molar-refractivity contribution >= 4 is 50.4 Å². The first kappa shape index (κ1) is 25.8. The number of benzene rings is 1. The molecule has 184 valence electrons. The van der Waals surface area contributed by atoms with Gasteiger partial charge in [-0.05, 0) is 36.4 Å². The molecule has 34 heavy (non-hydrogen) atoms. The second kappa shape index (κ2) is 10.2. The molecule has 0 aliphatic heterocycles. The van der Waals surface area contributed by atoms with Gasteiger partial charge in [-0.3, -0.25) is 4.79 Å². The first-order valence-corrected chi connectivity index (χ1v) is 12.4. The number of methoxy groups -OCH3 is 3. The number of rotatable bonds is 9. The third kappa shape index (κ3) is 4.57. The standard InChI is InChI=1S/C20H22ClN3O8S2/c1-10-14(21)20(32-23-10)24(19(26)18-13(6-8-33-18)34(22,27)28)15-11(5-7-25)9-12(29-2)16(30-3)17(15)31-4/h6,8-9,25H,5,7H2,1-4H3,(H2,22,27,28). The third-order valence-corrected chi connectivity index (χ3v) is 7.22. The third-order valence-electron chi connectivity index (χ3n) is 4.80. The van der Waals surface area contributed by atoms with E-state index in [9.17, 15) is 18.3 Å². The molecule has 3 aromatic rings. The number of carbonyl (C=O) groups excluding carboxylic acids is 1. The van der Waals surface area contributed by atoms with Crippen LogP contribution in [0.4, 0.5) is 11.6 Å². The number of halogens is 1. The maximum atomic E-state index is 13.9. The van der Waals surface area contributed by atoms with Crippen LogP contribution in [0, 0.1) is 6.92 Å². The lowest BCUT2D eigenvalue weighted by Crippen LogP contribution is -2.29. The number of aryl methyl sites for hydroxylation is 1. The van der Waals surface area contributed by atoms with Gasteiger partial charge in [-0.1, -0.05) is 16.8 Å². The summed E-state index contributed by atoms with van der Waals surface area (Å²) in [6.07, 6.45) is 0.0626. The fraction of sp³-hybridized carbons (Fsp3) is 0.300. The maximum absolute atomic E-state index is 13.9. The van der Waals surface area contributed by atoms with Crippen LogP contribution in [0.5, 0.6) is 17.2 Å². The van der Waals surface area contributed by atoms with Crippen molar-refractivity contribution in [1.82, 2.24) is 5.16 Å². The summed E-state index contributed by atoms with van der Waals surface area (Å²) in [4.78, 5) is 14.3. The summed E-state index contributed by atoms with van der Waals surface area (Å²) >= 11 is 7.27. The summed E-state index contributed by atoms with van der Waals surface area (Å²) in [6, 6.07) is 2.78. The summed E-state index contributed by atoms with van der Waals surface area (Å²) < 4.78 is 46.0. The number of ether oxygens (including phenoxy) is 3. The van der Waals surface area contributed by atoms with Crippen molar-refractivity contribution in [2.75, 3.05) is 32.8 Å². The molecule has 3 N–H and O–H groups in total. The fourth-order valence-electron chi connectivity index (χ4n) is 3.31. The number of aliphatic hydroxyl groups excluding tert-OH is 1. The van der Waals surface area contributed by atoms with Gasteiger partial charge < -0.3 is 23.8 Å². The van der Waals surface area contributed by atoms with Crippen molar-refractivity contribution in [2.45, 2.75) is 18.2 Å². The van der Waals surface area contributed by atoms with Crippen LogP contribution in [0.3, 0.4) is 0 Å². The summed E-state index contributed by atoms with van der Waals surface area (Å²) in [7, 11) is -0.0813. The van der Waals surface area contributed by atoms with Gasteiger partial charge in [-0.15, -0.1) is 11.3 Å². The van der Waals surface area contributed by atoms with Gasteiger partial charge >= 0.3 is 0 Å². The molecule has 1 aromatic carbocycles. The van der Waals surface area contributed by atoms with E-state index < -0.39 is 15.9 Å². The Labute approximate surface area is 204 Å². The molecule has 0 atom stereocenters. The summed E-state index contributed by atoms with van der Waals surface area (Å²) in [6.45, 7) is 1.28. The Balaban J connectivity index is 2.43. The summed E-state index contributed by atoms with van der Waals surface area (Å²) in [5.41, 5.74) is 0.769. The molecule has 2 aromatic heterocycles. The number of carbonyl (C=O) groups is 1. The van der Waals surface area contributed by atoms with Crippen LogP contribution in [-0.2, 0) is 16.4 Å². The Morgan fingerprint density at radius 3 is 2.44 bits per heavy atom. The molecule has 0 saturated carbocycles. The van der Waals surface area contributed by atoms with Crippen molar-refractivity contribution < 1.29 is 37.1 Å². The molecule has 0 fully saturated rings. The predicted octanol–water partition coefficient (Wildman–Crippen LogP) is 2.88. The van der Waals surface area contributed by atoms with Crippen LogP contribution in [-0.4, -0.2) is 52.5 Å². The monoisotopic (exact) mass is 531 g/mol. The maximum Gasteiger partial charge on any atom is 0.276 e. The van der Waals surface area contributed by atoms with Gasteiger partial charge in [0, 0.05) is 6.61 Å². The Morgan fingerprint density at radius 2 is 1.94 bits per heavy atom. The number of hydrogen-bond donors (Lipinski definition) is 2. The summed E-state index contributed by atoms with van der Waals surface area (Å²) in [5.74, 6) is -0.549. The number of hydrogen-bond acceptors (Lipinski definition) is 10. The second-order valence-corrected chi connectivity index (χ2v) is 9.64. The average molecular weight is 532 g/mol. The molecule has 3 rings (SSSR count). The van der Waals surface area contributed by atoms with Gasteiger partial charge in [-0.2, -0.15) is 0 Å². The highest BCUT2D eigenvalue weighted by Gasteiger charge is 2.36. The van der Waals surface area contributed by atoms with Crippen LogP contribution >= 0.6 is 22.9 Å².